The molecule has 9 heteroatoms. The van der Waals surface area contributed by atoms with Gasteiger partial charge < -0.3 is 28.8 Å². The number of aliphatic hydroxyl groups is 1. The number of hydrogen-bond acceptors (Lipinski definition) is 6. The Bertz CT molecular complexity index is 1050. The number of quaternary nitrogens is 1. The van der Waals surface area contributed by atoms with Crippen LogP contribution in [0.25, 0.3) is 0 Å². The number of amides is 1. The topological polar surface area (TPSA) is 108 Å². The molecule has 0 aliphatic heterocycles. The van der Waals surface area contributed by atoms with Crippen LogP contribution in [0.3, 0.4) is 0 Å². The predicted molar refractivity (Wildman–Crippen MR) is 261 cm³/mol. The molecular weight excluding hydrogens is 780 g/mol. The number of carbonyl (C=O) groups is 1. The number of carbonyl (C=O) groups excluding carboxylic acids is 1. The van der Waals surface area contributed by atoms with Gasteiger partial charge in [0.15, 0.2) is 0 Å². The van der Waals surface area contributed by atoms with Crippen LogP contribution in [0.4, 0.5) is 0 Å². The van der Waals surface area contributed by atoms with Gasteiger partial charge in [0, 0.05) is 6.42 Å². The molecule has 0 heterocycles. The number of hydrogen-bond donors (Lipinski definition) is 2. The molecule has 2 N–H and O–H groups in total. The van der Waals surface area contributed by atoms with Gasteiger partial charge in [0.05, 0.1) is 39.9 Å². The van der Waals surface area contributed by atoms with Crippen molar-refractivity contribution in [3.63, 3.8) is 0 Å². The third-order valence-electron chi connectivity index (χ3n) is 11.9. The average Bonchev–Trinajstić information content (AvgIpc) is 3.21. The van der Waals surface area contributed by atoms with Gasteiger partial charge in [0.1, 0.15) is 13.2 Å². The van der Waals surface area contributed by atoms with Gasteiger partial charge >= 0.3 is 0 Å². The first-order chi connectivity index (χ1) is 29.5. The molecule has 0 aromatic carbocycles. The zero-order chi connectivity index (χ0) is 45.0. The Morgan fingerprint density at radius 3 is 1.28 bits per heavy atom. The number of nitrogens with zero attached hydrogens (tertiary/aromatic N) is 1. The second-order valence-electron chi connectivity index (χ2n) is 19.2. The summed E-state index contributed by atoms with van der Waals surface area (Å²) >= 11 is 0. The molecule has 3 atom stereocenters. The SMILES string of the molecule is CCCCCCCCCC/C=C\CCCCCCCCCC(=O)NC(COP(=O)([O-])OCC[N+](C)(C)C)C(O)/C=C/CCCCCCCCCCCCCCCCCCCC. The van der Waals surface area contributed by atoms with Crippen LogP contribution in [0.15, 0.2) is 24.3 Å². The zero-order valence-electron chi connectivity index (χ0n) is 41.1. The van der Waals surface area contributed by atoms with Crippen molar-refractivity contribution >= 4 is 13.7 Å². The van der Waals surface area contributed by atoms with Crippen molar-refractivity contribution in [3.8, 4) is 0 Å². The van der Waals surface area contributed by atoms with Crippen LogP contribution in [0.5, 0.6) is 0 Å². The van der Waals surface area contributed by atoms with Crippen molar-refractivity contribution < 1.29 is 32.9 Å². The van der Waals surface area contributed by atoms with E-state index in [2.05, 4.69) is 31.3 Å². The minimum absolute atomic E-state index is 0.000387. The quantitative estimate of drug-likeness (QED) is 0.0273. The number of aliphatic hydroxyl groups excluding tert-OH is 1. The Balaban J connectivity index is 4.30. The largest absolute Gasteiger partial charge is 0.756 e. The maximum Gasteiger partial charge on any atom is 0.268 e. The van der Waals surface area contributed by atoms with Gasteiger partial charge in [-0.15, -0.1) is 0 Å². The molecule has 8 nitrogen and oxygen atoms in total. The molecule has 0 radical (unpaired) electrons. The lowest BCUT2D eigenvalue weighted by atomic mass is 10.0. The van der Waals surface area contributed by atoms with Gasteiger partial charge in [-0.05, 0) is 44.9 Å². The van der Waals surface area contributed by atoms with Gasteiger partial charge in [0.2, 0.25) is 5.91 Å². The highest BCUT2D eigenvalue weighted by Crippen LogP contribution is 2.38. The fourth-order valence-electron chi connectivity index (χ4n) is 7.74. The van der Waals surface area contributed by atoms with E-state index < -0.39 is 20.0 Å². The molecule has 0 aromatic rings. The molecule has 0 aliphatic carbocycles. The van der Waals surface area contributed by atoms with E-state index in [1.807, 2.05) is 27.2 Å². The molecule has 0 aromatic heterocycles. The van der Waals surface area contributed by atoms with E-state index >= 15 is 0 Å². The highest BCUT2D eigenvalue weighted by atomic mass is 31.2. The maximum atomic E-state index is 12.9. The van der Waals surface area contributed by atoms with Gasteiger partial charge in [-0.3, -0.25) is 9.36 Å². The van der Waals surface area contributed by atoms with Crippen molar-refractivity contribution in [1.29, 1.82) is 0 Å². The molecule has 0 bridgehead atoms. The lowest BCUT2D eigenvalue weighted by Crippen LogP contribution is -2.45. The molecule has 1 amide bonds. The van der Waals surface area contributed by atoms with E-state index in [1.165, 1.54) is 193 Å². The van der Waals surface area contributed by atoms with Crippen molar-refractivity contribution in [2.45, 2.75) is 264 Å². The van der Waals surface area contributed by atoms with Crippen molar-refractivity contribution in [3.05, 3.63) is 24.3 Å². The summed E-state index contributed by atoms with van der Waals surface area (Å²) in [6, 6.07) is -0.886. The molecule has 0 saturated heterocycles. The summed E-state index contributed by atoms with van der Waals surface area (Å²) in [7, 11) is 1.27. The maximum absolute atomic E-state index is 12.9. The molecule has 362 valence electrons. The molecule has 3 unspecified atom stereocenters. The smallest absolute Gasteiger partial charge is 0.268 e. The summed E-state index contributed by atoms with van der Waals surface area (Å²) in [6.07, 6.45) is 53.7. The van der Waals surface area contributed by atoms with E-state index in [-0.39, 0.29) is 19.1 Å². The first-order valence-corrected chi connectivity index (χ1v) is 27.7. The minimum Gasteiger partial charge on any atom is -0.756 e. The van der Waals surface area contributed by atoms with Gasteiger partial charge in [-0.25, -0.2) is 0 Å². The standard InChI is InChI=1S/C52H103N2O6P/c1-6-8-10-12-14-16-18-20-22-24-26-28-29-31-33-35-37-39-41-43-45-51(55)50(49-60-61(57,58)59-48-47-54(3,4)5)53-52(56)46-44-42-40-38-36-34-32-30-27-25-23-21-19-17-15-13-11-9-7-2/h25,27,43,45,50-51,55H,6-24,26,28-42,44,46-49H2,1-5H3,(H-,53,56,57,58)/b27-25-,45-43+. The number of likely N-dealkylation sites (N-methyl/N-ethyl adjacent to an activating group) is 1. The van der Waals surface area contributed by atoms with Crippen molar-refractivity contribution in [1.82, 2.24) is 5.32 Å². The van der Waals surface area contributed by atoms with E-state index in [0.29, 0.717) is 17.4 Å². The minimum atomic E-state index is -4.59. The number of phosphoric acid groups is 1. The molecule has 0 rings (SSSR count). The lowest BCUT2D eigenvalue weighted by Gasteiger charge is -2.29. The monoisotopic (exact) mass is 883 g/mol. The third kappa shape index (κ3) is 46.8. The predicted octanol–water partition coefficient (Wildman–Crippen LogP) is 14.6. The fourth-order valence-corrected chi connectivity index (χ4v) is 8.46. The molecular formula is C52H103N2O6P. The molecule has 0 saturated carbocycles. The second-order valence-corrected chi connectivity index (χ2v) is 20.6. The summed E-state index contributed by atoms with van der Waals surface area (Å²) in [4.78, 5) is 25.4. The Labute approximate surface area is 379 Å². The number of allylic oxidation sites excluding steroid dienone is 3. The van der Waals surface area contributed by atoms with E-state index in [4.69, 9.17) is 9.05 Å². The lowest BCUT2D eigenvalue weighted by molar-refractivity contribution is -0.870. The molecule has 0 fully saturated rings. The first kappa shape index (κ1) is 60.0. The van der Waals surface area contributed by atoms with Crippen LogP contribution < -0.4 is 10.2 Å². The highest BCUT2D eigenvalue weighted by Gasteiger charge is 2.23. The van der Waals surface area contributed by atoms with Gasteiger partial charge in [-0.2, -0.15) is 0 Å². The summed E-state index contributed by atoms with van der Waals surface area (Å²) in [6.45, 7) is 4.67. The number of phosphoric ester groups is 1. The zero-order valence-corrected chi connectivity index (χ0v) is 42.0. The average molecular weight is 883 g/mol. The second kappa shape index (κ2) is 44.2. The Kier molecular flexibility index (Phi) is 43.5. The molecule has 61 heavy (non-hydrogen) atoms. The van der Waals surface area contributed by atoms with Crippen LogP contribution in [-0.4, -0.2) is 68.5 Å². The third-order valence-corrected chi connectivity index (χ3v) is 12.9. The van der Waals surface area contributed by atoms with Crippen molar-refractivity contribution in [2.75, 3.05) is 40.9 Å². The molecule has 0 spiro atoms. The van der Waals surface area contributed by atoms with Gasteiger partial charge in [0.25, 0.3) is 7.82 Å². The van der Waals surface area contributed by atoms with Crippen LogP contribution in [0, 0.1) is 0 Å². The number of nitrogens with one attached hydrogen (secondary N) is 1. The van der Waals surface area contributed by atoms with Gasteiger partial charge in [-0.1, -0.05) is 224 Å². The number of rotatable bonds is 48. The highest BCUT2D eigenvalue weighted by molar-refractivity contribution is 7.45. The Hall–Kier alpha value is -1.02. The van der Waals surface area contributed by atoms with Crippen LogP contribution in [0.2, 0.25) is 0 Å². The van der Waals surface area contributed by atoms with Crippen LogP contribution in [0.1, 0.15) is 251 Å². The summed E-state index contributed by atoms with van der Waals surface area (Å²) in [5.74, 6) is -0.199. The number of unbranched alkanes of at least 4 members (excludes halogenated alkanes) is 33. The normalized spacial score (nSPS) is 14.3. The Morgan fingerprint density at radius 2 is 0.902 bits per heavy atom. The van der Waals surface area contributed by atoms with Crippen LogP contribution in [-0.2, 0) is 18.4 Å². The Morgan fingerprint density at radius 1 is 0.557 bits per heavy atom. The van der Waals surface area contributed by atoms with Crippen LogP contribution >= 0.6 is 7.82 Å². The fraction of sp³-hybridized carbons (Fsp3) is 0.904. The summed E-state index contributed by atoms with van der Waals surface area (Å²) in [5.41, 5.74) is 0. The van der Waals surface area contributed by atoms with E-state index in [0.717, 1.165) is 38.5 Å². The summed E-state index contributed by atoms with van der Waals surface area (Å²) in [5, 5.41) is 13.9. The summed E-state index contributed by atoms with van der Waals surface area (Å²) < 4.78 is 23.3. The first-order valence-electron chi connectivity index (χ1n) is 26.2. The van der Waals surface area contributed by atoms with E-state index in [1.54, 1.807) is 6.08 Å². The van der Waals surface area contributed by atoms with Crippen molar-refractivity contribution in [2.24, 2.45) is 0 Å². The van der Waals surface area contributed by atoms with E-state index in [9.17, 15) is 19.4 Å². The molecule has 0 aliphatic rings.